The van der Waals surface area contributed by atoms with Crippen LogP contribution in [0.3, 0.4) is 0 Å². The SMILES string of the molecule is Cc1cc(Cl)ccc1OCC(=O)ON=C1CCCCCCCCCCC(=O)OCCC1. The first-order chi connectivity index (χ1) is 15.0. The molecule has 7 heteroatoms. The van der Waals surface area contributed by atoms with Crippen molar-refractivity contribution in [2.75, 3.05) is 13.2 Å². The van der Waals surface area contributed by atoms with Crippen molar-refractivity contribution >= 4 is 29.3 Å². The zero-order valence-electron chi connectivity index (χ0n) is 18.5. The Bertz CT molecular complexity index is 735. The smallest absolute Gasteiger partial charge is 0.372 e. The lowest BCUT2D eigenvalue weighted by Crippen LogP contribution is -2.14. The number of aryl methyl sites for hydroxylation is 1. The van der Waals surface area contributed by atoms with E-state index in [2.05, 4.69) is 5.16 Å². The Balaban J connectivity index is 1.82. The number of carbonyl (C=O) groups is 2. The number of halogens is 1. The molecular weight excluding hydrogens is 418 g/mol. The van der Waals surface area contributed by atoms with Crippen LogP contribution < -0.4 is 4.74 Å². The lowest BCUT2D eigenvalue weighted by Gasteiger charge is -2.10. The second kappa shape index (κ2) is 14.8. The van der Waals surface area contributed by atoms with Gasteiger partial charge in [0.25, 0.3) is 0 Å². The van der Waals surface area contributed by atoms with Crippen LogP contribution in [0, 0.1) is 6.92 Å². The van der Waals surface area contributed by atoms with Gasteiger partial charge in [0.1, 0.15) is 5.75 Å². The Morgan fingerprint density at radius 1 is 1.00 bits per heavy atom. The van der Waals surface area contributed by atoms with E-state index in [1.165, 1.54) is 25.7 Å². The fourth-order valence-corrected chi connectivity index (χ4v) is 3.69. The van der Waals surface area contributed by atoms with Crippen LogP contribution in [-0.4, -0.2) is 30.9 Å². The molecule has 1 fully saturated rings. The van der Waals surface area contributed by atoms with Crippen LogP contribution in [-0.2, 0) is 19.2 Å². The molecule has 172 valence electrons. The van der Waals surface area contributed by atoms with Gasteiger partial charge in [-0.3, -0.25) is 4.79 Å². The first-order valence-electron chi connectivity index (χ1n) is 11.3. The maximum Gasteiger partial charge on any atom is 0.372 e. The molecule has 0 unspecified atom stereocenters. The molecule has 0 radical (unpaired) electrons. The molecule has 0 amide bonds. The van der Waals surface area contributed by atoms with E-state index in [-0.39, 0.29) is 12.6 Å². The van der Waals surface area contributed by atoms with Gasteiger partial charge in [0.15, 0.2) is 6.61 Å². The summed E-state index contributed by atoms with van der Waals surface area (Å²) in [5, 5.41) is 4.70. The zero-order valence-corrected chi connectivity index (χ0v) is 19.3. The molecular formula is C24H34ClNO5. The van der Waals surface area contributed by atoms with Gasteiger partial charge in [-0.2, -0.15) is 0 Å². The predicted molar refractivity (Wildman–Crippen MR) is 122 cm³/mol. The van der Waals surface area contributed by atoms with Crippen LogP contribution in [0.4, 0.5) is 0 Å². The fraction of sp³-hybridized carbons (Fsp3) is 0.625. The number of nitrogens with zero attached hydrogens (tertiary/aromatic N) is 1. The highest BCUT2D eigenvalue weighted by Gasteiger charge is 2.10. The normalized spacial score (nSPS) is 18.9. The maximum absolute atomic E-state index is 12.1. The summed E-state index contributed by atoms with van der Waals surface area (Å²) in [5.41, 5.74) is 1.66. The standard InChI is InChI=1S/C24H34ClNO5/c1-19-17-20(25)14-15-22(19)30-18-24(28)31-26-21-11-8-6-4-2-3-5-7-9-13-23(27)29-16-10-12-21/h14-15,17H,2-13,16,18H2,1H3. The van der Waals surface area contributed by atoms with Crippen LogP contribution >= 0.6 is 11.6 Å². The number of hydrogen-bond donors (Lipinski definition) is 0. The molecule has 1 aliphatic rings. The Morgan fingerprint density at radius 2 is 1.65 bits per heavy atom. The molecule has 0 aliphatic carbocycles. The molecule has 1 aromatic carbocycles. The van der Waals surface area contributed by atoms with Crippen molar-refractivity contribution in [3.63, 3.8) is 0 Å². The molecule has 0 saturated carbocycles. The minimum Gasteiger partial charge on any atom is -0.482 e. The zero-order chi connectivity index (χ0) is 22.3. The van der Waals surface area contributed by atoms with Crippen molar-refractivity contribution < 1.29 is 23.9 Å². The summed E-state index contributed by atoms with van der Waals surface area (Å²) in [6.07, 6.45) is 11.5. The van der Waals surface area contributed by atoms with Crippen molar-refractivity contribution in [3.8, 4) is 5.75 Å². The summed E-state index contributed by atoms with van der Waals surface area (Å²) in [7, 11) is 0. The third kappa shape index (κ3) is 11.2. The number of carbonyl (C=O) groups excluding carboxylic acids is 2. The number of oxime groups is 1. The quantitative estimate of drug-likeness (QED) is 0.311. The summed E-state index contributed by atoms with van der Waals surface area (Å²) >= 11 is 5.93. The van der Waals surface area contributed by atoms with E-state index in [1.54, 1.807) is 18.2 Å². The highest BCUT2D eigenvalue weighted by molar-refractivity contribution is 6.30. The van der Waals surface area contributed by atoms with Crippen molar-refractivity contribution in [3.05, 3.63) is 28.8 Å². The van der Waals surface area contributed by atoms with Gasteiger partial charge < -0.3 is 14.3 Å². The first-order valence-corrected chi connectivity index (χ1v) is 11.7. The molecule has 1 saturated heterocycles. The monoisotopic (exact) mass is 451 g/mol. The summed E-state index contributed by atoms with van der Waals surface area (Å²) < 4.78 is 10.8. The van der Waals surface area contributed by atoms with Crippen molar-refractivity contribution in [1.29, 1.82) is 0 Å². The van der Waals surface area contributed by atoms with Gasteiger partial charge in [0, 0.05) is 11.4 Å². The highest BCUT2D eigenvalue weighted by atomic mass is 35.5. The van der Waals surface area contributed by atoms with Crippen LogP contribution in [0.2, 0.25) is 5.02 Å². The number of hydrogen-bond acceptors (Lipinski definition) is 6. The summed E-state index contributed by atoms with van der Waals surface area (Å²) in [4.78, 5) is 28.9. The maximum atomic E-state index is 12.1. The largest absolute Gasteiger partial charge is 0.482 e. The van der Waals surface area contributed by atoms with Gasteiger partial charge in [0.2, 0.25) is 0 Å². The molecule has 1 heterocycles. The van der Waals surface area contributed by atoms with Gasteiger partial charge in [-0.15, -0.1) is 0 Å². The molecule has 31 heavy (non-hydrogen) atoms. The molecule has 0 atom stereocenters. The Hall–Kier alpha value is -2.08. The van der Waals surface area contributed by atoms with E-state index in [0.29, 0.717) is 36.6 Å². The molecule has 1 aliphatic heterocycles. The second-order valence-electron chi connectivity index (χ2n) is 7.97. The lowest BCUT2D eigenvalue weighted by atomic mass is 10.0. The van der Waals surface area contributed by atoms with Crippen LogP contribution in [0.25, 0.3) is 0 Å². The molecule has 1 aromatic rings. The first kappa shape index (κ1) is 25.2. The number of rotatable bonds is 4. The predicted octanol–water partition coefficient (Wildman–Crippen LogP) is 6.16. The van der Waals surface area contributed by atoms with Crippen LogP contribution in [0.5, 0.6) is 5.75 Å². The number of benzene rings is 1. The third-order valence-corrected chi connectivity index (χ3v) is 5.46. The second-order valence-corrected chi connectivity index (χ2v) is 8.41. The lowest BCUT2D eigenvalue weighted by molar-refractivity contribution is -0.146. The van der Waals surface area contributed by atoms with Gasteiger partial charge in [-0.1, -0.05) is 55.3 Å². The van der Waals surface area contributed by atoms with Gasteiger partial charge in [-0.05, 0) is 62.8 Å². The van der Waals surface area contributed by atoms with Crippen LogP contribution in [0.1, 0.15) is 82.6 Å². The van der Waals surface area contributed by atoms with Gasteiger partial charge in [-0.25, -0.2) is 4.79 Å². The Kier molecular flexibility index (Phi) is 12.1. The number of cyclic esters (lactones) is 1. The van der Waals surface area contributed by atoms with Gasteiger partial charge >= 0.3 is 11.9 Å². The van der Waals surface area contributed by atoms with E-state index in [0.717, 1.165) is 43.4 Å². The topological polar surface area (TPSA) is 74.2 Å². The summed E-state index contributed by atoms with van der Waals surface area (Å²) in [5.74, 6) is -0.104. The minimum atomic E-state index is -0.555. The summed E-state index contributed by atoms with van der Waals surface area (Å²) in [6.45, 7) is 2.00. The molecule has 0 bridgehead atoms. The van der Waals surface area contributed by atoms with E-state index in [4.69, 9.17) is 25.9 Å². The van der Waals surface area contributed by atoms with Crippen molar-refractivity contribution in [2.24, 2.45) is 5.16 Å². The Labute approximate surface area is 190 Å². The Morgan fingerprint density at radius 3 is 2.35 bits per heavy atom. The van der Waals surface area contributed by atoms with E-state index < -0.39 is 5.97 Å². The van der Waals surface area contributed by atoms with Gasteiger partial charge in [0.05, 0.1) is 12.3 Å². The summed E-state index contributed by atoms with van der Waals surface area (Å²) in [6, 6.07) is 5.20. The van der Waals surface area contributed by atoms with E-state index >= 15 is 0 Å². The molecule has 0 spiro atoms. The highest BCUT2D eigenvalue weighted by Crippen LogP contribution is 2.21. The van der Waals surface area contributed by atoms with E-state index in [9.17, 15) is 9.59 Å². The minimum absolute atomic E-state index is 0.133. The average Bonchev–Trinajstić information content (AvgIpc) is 2.74. The van der Waals surface area contributed by atoms with E-state index in [1.807, 2.05) is 6.92 Å². The third-order valence-electron chi connectivity index (χ3n) is 5.23. The van der Waals surface area contributed by atoms with Crippen molar-refractivity contribution in [1.82, 2.24) is 0 Å². The number of esters is 1. The average molecular weight is 452 g/mol. The van der Waals surface area contributed by atoms with Crippen LogP contribution in [0.15, 0.2) is 23.4 Å². The molecule has 6 nitrogen and oxygen atoms in total. The molecule has 0 aromatic heterocycles. The van der Waals surface area contributed by atoms with Crippen molar-refractivity contribution in [2.45, 2.75) is 84.0 Å². The molecule has 2 rings (SSSR count). The fourth-order valence-electron chi connectivity index (χ4n) is 3.46. The molecule has 0 N–H and O–H groups in total. The number of ether oxygens (including phenoxy) is 2.